The minimum atomic E-state index is -4.50. The van der Waals surface area contributed by atoms with E-state index < -0.39 is 27.8 Å². The minimum absolute atomic E-state index is 0.209. The van der Waals surface area contributed by atoms with Gasteiger partial charge in [0.25, 0.3) is 0 Å². The van der Waals surface area contributed by atoms with Crippen LogP contribution in [-0.4, -0.2) is 14.5 Å². The average molecular weight is 333 g/mol. The van der Waals surface area contributed by atoms with Crippen LogP contribution in [0.1, 0.15) is 18.1 Å². The lowest BCUT2D eigenvalue weighted by Crippen LogP contribution is -2.34. The molecule has 22 heavy (non-hydrogen) atoms. The summed E-state index contributed by atoms with van der Waals surface area (Å²) in [5, 5.41) is 0. The summed E-state index contributed by atoms with van der Waals surface area (Å²) in [6.07, 6.45) is -1.10. The van der Waals surface area contributed by atoms with Gasteiger partial charge in [0.05, 0.1) is 23.0 Å². The highest BCUT2D eigenvalue weighted by Crippen LogP contribution is 2.29. The fourth-order valence-electron chi connectivity index (χ4n) is 1.96. The van der Waals surface area contributed by atoms with Gasteiger partial charge in [-0.3, -0.25) is 0 Å². The molecule has 0 saturated heterocycles. The third-order valence-corrected chi connectivity index (χ3v) is 4.58. The monoisotopic (exact) mass is 333 g/mol. The molecule has 1 aromatic carbocycles. The van der Waals surface area contributed by atoms with Crippen molar-refractivity contribution in [2.45, 2.75) is 30.5 Å². The number of halogens is 3. The van der Waals surface area contributed by atoms with E-state index in [1.54, 1.807) is 13.0 Å². The smallest absolute Gasteiger partial charge is 0.416 e. The second-order valence-corrected chi connectivity index (χ2v) is 6.59. The van der Waals surface area contributed by atoms with E-state index in [2.05, 4.69) is 4.72 Å². The molecular formula is C14H14F3NO3S. The highest BCUT2D eigenvalue weighted by atomic mass is 32.2. The minimum Gasteiger partial charge on any atom is -0.472 e. The predicted molar refractivity (Wildman–Crippen MR) is 73.6 cm³/mol. The second-order valence-electron chi connectivity index (χ2n) is 4.88. The van der Waals surface area contributed by atoms with Crippen molar-refractivity contribution in [3.05, 3.63) is 54.0 Å². The summed E-state index contributed by atoms with van der Waals surface area (Å²) in [4.78, 5) is -0.209. The zero-order chi connectivity index (χ0) is 16.4. The Balaban J connectivity index is 2.09. The van der Waals surface area contributed by atoms with E-state index in [4.69, 9.17) is 4.42 Å². The van der Waals surface area contributed by atoms with Crippen molar-refractivity contribution in [1.29, 1.82) is 0 Å². The van der Waals surface area contributed by atoms with Gasteiger partial charge in [-0.1, -0.05) is 0 Å². The van der Waals surface area contributed by atoms with Crippen molar-refractivity contribution in [3.63, 3.8) is 0 Å². The zero-order valence-corrected chi connectivity index (χ0v) is 12.4. The Morgan fingerprint density at radius 3 is 2.32 bits per heavy atom. The van der Waals surface area contributed by atoms with Gasteiger partial charge < -0.3 is 4.42 Å². The van der Waals surface area contributed by atoms with Crippen molar-refractivity contribution in [2.75, 3.05) is 0 Å². The first-order valence-electron chi connectivity index (χ1n) is 6.39. The van der Waals surface area contributed by atoms with Gasteiger partial charge in [-0.05, 0) is 49.2 Å². The number of nitrogens with one attached hydrogen (secondary N) is 1. The van der Waals surface area contributed by atoms with Crippen molar-refractivity contribution >= 4 is 10.0 Å². The second kappa shape index (κ2) is 6.13. The number of alkyl halides is 3. The number of rotatable bonds is 5. The maximum absolute atomic E-state index is 12.5. The Kier molecular flexibility index (Phi) is 4.62. The van der Waals surface area contributed by atoms with Crippen LogP contribution in [0.2, 0.25) is 0 Å². The first kappa shape index (κ1) is 16.6. The Morgan fingerprint density at radius 1 is 1.18 bits per heavy atom. The van der Waals surface area contributed by atoms with E-state index in [1.807, 2.05) is 0 Å². The third-order valence-electron chi connectivity index (χ3n) is 2.97. The molecule has 0 fully saturated rings. The lowest BCUT2D eigenvalue weighted by molar-refractivity contribution is -0.137. The van der Waals surface area contributed by atoms with Crippen LogP contribution >= 0.6 is 0 Å². The normalized spacial score (nSPS) is 14.0. The van der Waals surface area contributed by atoms with E-state index >= 15 is 0 Å². The van der Waals surface area contributed by atoms with E-state index in [0.717, 1.165) is 29.8 Å². The standard InChI is InChI=1S/C14H14F3NO3S/c1-10(8-11-6-7-21-9-11)18-22(19,20)13-4-2-12(3-5-13)14(15,16)17/h2-7,9-10,18H,8H2,1H3/t10-/m1/s1. The third kappa shape index (κ3) is 4.11. The molecule has 0 saturated carbocycles. The number of hydrogen-bond donors (Lipinski definition) is 1. The van der Waals surface area contributed by atoms with Crippen LogP contribution in [0.5, 0.6) is 0 Å². The molecule has 0 aliphatic rings. The van der Waals surface area contributed by atoms with Gasteiger partial charge in [0.1, 0.15) is 0 Å². The van der Waals surface area contributed by atoms with Crippen molar-refractivity contribution in [3.8, 4) is 0 Å². The molecular weight excluding hydrogens is 319 g/mol. The number of sulfonamides is 1. The lowest BCUT2D eigenvalue weighted by Gasteiger charge is -2.14. The van der Waals surface area contributed by atoms with E-state index in [9.17, 15) is 21.6 Å². The van der Waals surface area contributed by atoms with E-state index in [-0.39, 0.29) is 4.90 Å². The fraction of sp³-hybridized carbons (Fsp3) is 0.286. The molecule has 1 atom stereocenters. The summed E-state index contributed by atoms with van der Waals surface area (Å²) in [7, 11) is -3.87. The highest BCUT2D eigenvalue weighted by molar-refractivity contribution is 7.89. The van der Waals surface area contributed by atoms with Crippen molar-refractivity contribution in [1.82, 2.24) is 4.72 Å². The molecule has 8 heteroatoms. The summed E-state index contributed by atoms with van der Waals surface area (Å²) in [6.45, 7) is 1.66. The Hall–Kier alpha value is -1.80. The van der Waals surface area contributed by atoms with Crippen LogP contribution in [0.3, 0.4) is 0 Å². The number of furan rings is 1. The highest BCUT2D eigenvalue weighted by Gasteiger charge is 2.30. The summed E-state index contributed by atoms with van der Waals surface area (Å²) < 4.78 is 68.9. The van der Waals surface area contributed by atoms with Crippen LogP contribution in [-0.2, 0) is 22.6 Å². The number of hydrogen-bond acceptors (Lipinski definition) is 3. The fourth-order valence-corrected chi connectivity index (χ4v) is 3.20. The maximum Gasteiger partial charge on any atom is 0.416 e. The van der Waals surface area contributed by atoms with Crippen LogP contribution in [0, 0.1) is 0 Å². The van der Waals surface area contributed by atoms with Gasteiger partial charge in [0, 0.05) is 6.04 Å². The zero-order valence-electron chi connectivity index (χ0n) is 11.6. The first-order valence-corrected chi connectivity index (χ1v) is 7.87. The summed E-state index contributed by atoms with van der Waals surface area (Å²) in [6, 6.07) is 4.66. The molecule has 0 aliphatic carbocycles. The van der Waals surface area contributed by atoms with Gasteiger partial charge >= 0.3 is 6.18 Å². The van der Waals surface area contributed by atoms with Gasteiger partial charge in [0.15, 0.2) is 0 Å². The molecule has 0 unspecified atom stereocenters. The Bertz CT molecular complexity index is 707. The number of benzene rings is 1. The van der Waals surface area contributed by atoms with Gasteiger partial charge in [-0.2, -0.15) is 13.2 Å². The average Bonchev–Trinajstić information content (AvgIpc) is 2.90. The van der Waals surface area contributed by atoms with Crippen LogP contribution in [0.15, 0.2) is 52.2 Å². The molecule has 2 aromatic rings. The van der Waals surface area contributed by atoms with Gasteiger partial charge in [0.2, 0.25) is 10.0 Å². The molecule has 0 spiro atoms. The summed E-state index contributed by atoms with van der Waals surface area (Å²) in [5.74, 6) is 0. The topological polar surface area (TPSA) is 59.3 Å². The Morgan fingerprint density at radius 2 is 1.82 bits per heavy atom. The molecule has 1 N–H and O–H groups in total. The molecule has 0 aliphatic heterocycles. The van der Waals surface area contributed by atoms with Crippen LogP contribution in [0.25, 0.3) is 0 Å². The molecule has 0 amide bonds. The molecule has 1 aromatic heterocycles. The van der Waals surface area contributed by atoms with Gasteiger partial charge in [-0.25, -0.2) is 13.1 Å². The SMILES string of the molecule is C[C@H](Cc1ccoc1)NS(=O)(=O)c1ccc(C(F)(F)F)cc1. The van der Waals surface area contributed by atoms with Crippen molar-refractivity contribution < 1.29 is 26.0 Å². The quantitative estimate of drug-likeness (QED) is 0.914. The summed E-state index contributed by atoms with van der Waals surface area (Å²) >= 11 is 0. The van der Waals surface area contributed by atoms with Gasteiger partial charge in [-0.15, -0.1) is 0 Å². The van der Waals surface area contributed by atoms with Crippen LogP contribution in [0.4, 0.5) is 13.2 Å². The summed E-state index contributed by atoms with van der Waals surface area (Å²) in [5.41, 5.74) is -0.0690. The van der Waals surface area contributed by atoms with E-state index in [1.165, 1.54) is 12.5 Å². The molecule has 1 heterocycles. The van der Waals surface area contributed by atoms with Crippen molar-refractivity contribution in [2.24, 2.45) is 0 Å². The maximum atomic E-state index is 12.5. The first-order chi connectivity index (χ1) is 10.2. The lowest BCUT2D eigenvalue weighted by atomic mass is 10.1. The van der Waals surface area contributed by atoms with Crippen LogP contribution < -0.4 is 4.72 Å². The molecule has 4 nitrogen and oxygen atoms in total. The molecule has 2 rings (SSSR count). The largest absolute Gasteiger partial charge is 0.472 e. The molecule has 120 valence electrons. The van der Waals surface area contributed by atoms with E-state index in [0.29, 0.717) is 6.42 Å². The molecule has 0 radical (unpaired) electrons. The molecule has 0 bridgehead atoms. The Labute approximate surface area is 126 Å². The predicted octanol–water partition coefficient (Wildman–Crippen LogP) is 3.21.